The second kappa shape index (κ2) is 4.07. The van der Waals surface area contributed by atoms with Gasteiger partial charge in [0, 0.05) is 25.4 Å². The van der Waals surface area contributed by atoms with Crippen LogP contribution in [-0.2, 0) is 6.42 Å². The lowest BCUT2D eigenvalue weighted by Crippen LogP contribution is -2.48. The first kappa shape index (κ1) is 11.2. The highest BCUT2D eigenvalue weighted by molar-refractivity contribution is 5.20. The molecule has 2 nitrogen and oxygen atoms in total. The van der Waals surface area contributed by atoms with Crippen LogP contribution in [0.4, 0.5) is 4.39 Å². The SMILES string of the molecule is OC1(Cc2ccccc2F)CCN2CCC1C2. The molecule has 0 spiro atoms. The maximum Gasteiger partial charge on any atom is 0.126 e. The van der Waals surface area contributed by atoms with Crippen molar-refractivity contribution >= 4 is 0 Å². The molecule has 3 rings (SSSR count). The topological polar surface area (TPSA) is 23.5 Å². The van der Waals surface area contributed by atoms with Crippen LogP contribution in [0.2, 0.25) is 0 Å². The molecule has 2 heterocycles. The second-order valence-corrected chi connectivity index (χ2v) is 5.41. The van der Waals surface area contributed by atoms with Crippen molar-refractivity contribution in [1.29, 1.82) is 0 Å². The Bertz CT molecular complexity index is 422. The van der Waals surface area contributed by atoms with E-state index in [0.29, 0.717) is 17.9 Å². The Labute approximate surface area is 101 Å². The normalized spacial score (nSPS) is 36.1. The molecule has 2 bridgehead atoms. The van der Waals surface area contributed by atoms with Gasteiger partial charge < -0.3 is 10.0 Å². The smallest absolute Gasteiger partial charge is 0.126 e. The van der Waals surface area contributed by atoms with E-state index in [9.17, 15) is 9.50 Å². The van der Waals surface area contributed by atoms with Crippen LogP contribution in [0.1, 0.15) is 18.4 Å². The summed E-state index contributed by atoms with van der Waals surface area (Å²) in [6, 6.07) is 6.80. The number of halogens is 1. The number of fused-ring (bicyclic) bond motifs is 2. The van der Waals surface area contributed by atoms with E-state index in [4.69, 9.17) is 0 Å². The lowest BCUT2D eigenvalue weighted by molar-refractivity contribution is -0.0444. The van der Waals surface area contributed by atoms with Crippen LogP contribution in [0.5, 0.6) is 0 Å². The highest BCUT2D eigenvalue weighted by atomic mass is 19.1. The molecule has 2 aliphatic rings. The van der Waals surface area contributed by atoms with Crippen LogP contribution in [-0.4, -0.2) is 35.2 Å². The molecule has 1 aromatic carbocycles. The number of rotatable bonds is 2. The van der Waals surface area contributed by atoms with Crippen molar-refractivity contribution in [2.24, 2.45) is 5.92 Å². The van der Waals surface area contributed by atoms with Gasteiger partial charge in [0.25, 0.3) is 0 Å². The summed E-state index contributed by atoms with van der Waals surface area (Å²) in [5.41, 5.74) is -0.0507. The molecule has 3 atom stereocenters. The first-order valence-electron chi connectivity index (χ1n) is 6.35. The molecule has 0 amide bonds. The third kappa shape index (κ3) is 1.98. The molecule has 2 aliphatic heterocycles. The summed E-state index contributed by atoms with van der Waals surface area (Å²) in [4.78, 5) is 2.39. The molecule has 3 heteroatoms. The first-order chi connectivity index (χ1) is 8.17. The number of aliphatic hydroxyl groups is 1. The van der Waals surface area contributed by atoms with E-state index in [-0.39, 0.29) is 5.82 Å². The highest BCUT2D eigenvalue weighted by Gasteiger charge is 2.44. The summed E-state index contributed by atoms with van der Waals surface area (Å²) in [6.07, 6.45) is 2.27. The Kier molecular flexibility index (Phi) is 2.68. The zero-order valence-corrected chi connectivity index (χ0v) is 9.90. The maximum atomic E-state index is 13.6. The summed E-state index contributed by atoms with van der Waals surface area (Å²) in [7, 11) is 0. The third-order valence-corrected chi connectivity index (χ3v) is 4.35. The fourth-order valence-corrected chi connectivity index (χ4v) is 3.23. The second-order valence-electron chi connectivity index (χ2n) is 5.41. The quantitative estimate of drug-likeness (QED) is 0.845. The van der Waals surface area contributed by atoms with Gasteiger partial charge in [-0.3, -0.25) is 0 Å². The maximum absolute atomic E-state index is 13.6. The van der Waals surface area contributed by atoms with E-state index >= 15 is 0 Å². The van der Waals surface area contributed by atoms with Crippen LogP contribution < -0.4 is 0 Å². The molecular weight excluding hydrogens is 217 g/mol. The number of hydrogen-bond donors (Lipinski definition) is 1. The minimum atomic E-state index is -0.699. The molecule has 0 aliphatic carbocycles. The highest BCUT2D eigenvalue weighted by Crippen LogP contribution is 2.38. The van der Waals surface area contributed by atoms with Crippen LogP contribution in [0.25, 0.3) is 0 Å². The number of benzene rings is 1. The predicted molar refractivity (Wildman–Crippen MR) is 64.2 cm³/mol. The van der Waals surface area contributed by atoms with Gasteiger partial charge in [-0.1, -0.05) is 18.2 Å². The van der Waals surface area contributed by atoms with Gasteiger partial charge >= 0.3 is 0 Å². The van der Waals surface area contributed by atoms with Gasteiger partial charge in [-0.15, -0.1) is 0 Å². The molecule has 1 aromatic rings. The Morgan fingerprint density at radius 3 is 3.00 bits per heavy atom. The van der Waals surface area contributed by atoms with Crippen molar-refractivity contribution in [1.82, 2.24) is 4.90 Å². The Morgan fingerprint density at radius 1 is 1.35 bits per heavy atom. The van der Waals surface area contributed by atoms with Gasteiger partial charge in [0.2, 0.25) is 0 Å². The number of piperidine rings is 1. The third-order valence-electron chi connectivity index (χ3n) is 4.35. The Hall–Kier alpha value is -0.930. The fraction of sp³-hybridized carbons (Fsp3) is 0.571. The summed E-state index contributed by atoms with van der Waals surface area (Å²) in [5.74, 6) is 0.122. The molecule has 92 valence electrons. The minimum Gasteiger partial charge on any atom is -0.389 e. The van der Waals surface area contributed by atoms with Crippen molar-refractivity contribution in [3.63, 3.8) is 0 Å². The Balaban J connectivity index is 1.82. The number of hydrogen-bond acceptors (Lipinski definition) is 2. The first-order valence-corrected chi connectivity index (χ1v) is 6.35. The van der Waals surface area contributed by atoms with Crippen molar-refractivity contribution < 1.29 is 9.50 Å². The summed E-state index contributed by atoms with van der Waals surface area (Å²) in [5, 5.41) is 10.7. The molecular formula is C14H18FNO. The lowest BCUT2D eigenvalue weighted by Gasteiger charge is -2.39. The lowest BCUT2D eigenvalue weighted by atomic mass is 9.78. The summed E-state index contributed by atoms with van der Waals surface area (Å²) in [6.45, 7) is 3.01. The predicted octanol–water partition coefficient (Wildman–Crippen LogP) is 1.82. The molecule has 3 unspecified atom stereocenters. The van der Waals surface area contributed by atoms with E-state index in [2.05, 4.69) is 4.90 Å². The van der Waals surface area contributed by atoms with E-state index in [1.54, 1.807) is 12.1 Å². The van der Waals surface area contributed by atoms with Crippen LogP contribution >= 0.6 is 0 Å². The molecule has 0 aromatic heterocycles. The largest absolute Gasteiger partial charge is 0.389 e. The molecule has 17 heavy (non-hydrogen) atoms. The van der Waals surface area contributed by atoms with Crippen molar-refractivity contribution in [3.05, 3.63) is 35.6 Å². The van der Waals surface area contributed by atoms with E-state index in [1.807, 2.05) is 6.07 Å². The van der Waals surface area contributed by atoms with Gasteiger partial charge in [-0.05, 0) is 31.0 Å². The number of nitrogens with zero attached hydrogens (tertiary/aromatic N) is 1. The van der Waals surface area contributed by atoms with Gasteiger partial charge in [0.15, 0.2) is 0 Å². The molecule has 1 N–H and O–H groups in total. The molecule has 2 fully saturated rings. The van der Waals surface area contributed by atoms with Gasteiger partial charge in [-0.2, -0.15) is 0 Å². The van der Waals surface area contributed by atoms with E-state index in [0.717, 1.165) is 32.5 Å². The average molecular weight is 235 g/mol. The summed E-state index contributed by atoms with van der Waals surface area (Å²) >= 11 is 0. The van der Waals surface area contributed by atoms with Crippen molar-refractivity contribution in [2.45, 2.75) is 24.9 Å². The van der Waals surface area contributed by atoms with E-state index < -0.39 is 5.60 Å². The zero-order valence-electron chi connectivity index (χ0n) is 9.90. The Morgan fingerprint density at radius 2 is 2.18 bits per heavy atom. The minimum absolute atomic E-state index is 0.193. The summed E-state index contributed by atoms with van der Waals surface area (Å²) < 4.78 is 13.6. The van der Waals surface area contributed by atoms with Crippen molar-refractivity contribution in [2.75, 3.05) is 19.6 Å². The molecule has 0 radical (unpaired) electrons. The van der Waals surface area contributed by atoms with Gasteiger partial charge in [0.05, 0.1) is 5.60 Å². The standard InChI is InChI=1S/C14H18FNO/c15-13-4-2-1-3-11(13)9-14(17)6-8-16-7-5-12(14)10-16/h1-4,12,17H,5-10H2. The average Bonchev–Trinajstić information content (AvgIpc) is 2.74. The van der Waals surface area contributed by atoms with Gasteiger partial charge in [0.1, 0.15) is 5.82 Å². The molecule has 0 saturated carbocycles. The van der Waals surface area contributed by atoms with Crippen LogP contribution in [0, 0.1) is 11.7 Å². The van der Waals surface area contributed by atoms with Gasteiger partial charge in [-0.25, -0.2) is 4.39 Å². The monoisotopic (exact) mass is 235 g/mol. The van der Waals surface area contributed by atoms with Crippen LogP contribution in [0.15, 0.2) is 24.3 Å². The van der Waals surface area contributed by atoms with Crippen LogP contribution in [0.3, 0.4) is 0 Å². The van der Waals surface area contributed by atoms with E-state index in [1.165, 1.54) is 6.07 Å². The molecule has 2 saturated heterocycles. The zero-order chi connectivity index (χ0) is 11.9. The fourth-order valence-electron chi connectivity index (χ4n) is 3.23. The van der Waals surface area contributed by atoms with Crippen molar-refractivity contribution in [3.8, 4) is 0 Å².